The fraction of sp³-hybridized carbons (Fsp3) is 0.588. The van der Waals surface area contributed by atoms with Crippen molar-refractivity contribution in [3.05, 3.63) is 29.3 Å². The lowest BCUT2D eigenvalue weighted by Gasteiger charge is -2.29. The highest BCUT2D eigenvalue weighted by atomic mass is 16.2. The zero-order chi connectivity index (χ0) is 13.9. The van der Waals surface area contributed by atoms with Crippen molar-refractivity contribution in [2.24, 2.45) is 5.92 Å². The Bertz CT molecular complexity index is 498. The lowest BCUT2D eigenvalue weighted by atomic mass is 9.86. The van der Waals surface area contributed by atoms with Crippen LogP contribution in [-0.4, -0.2) is 12.1 Å². The quantitative estimate of drug-likeness (QED) is 0.843. The molecule has 108 valence electrons. The smallest absolute Gasteiger partial charge is 0.319 e. The molecule has 0 bridgehead atoms. The summed E-state index contributed by atoms with van der Waals surface area (Å²) >= 11 is 0. The molecule has 1 aromatic carbocycles. The number of hydrogen-bond donors (Lipinski definition) is 2. The molecule has 0 saturated heterocycles. The second-order valence-corrected chi connectivity index (χ2v) is 6.30. The average Bonchev–Trinajstić information content (AvgIpc) is 2.89. The number of benzene rings is 1. The normalized spacial score (nSPS) is 25.1. The van der Waals surface area contributed by atoms with Crippen LogP contribution in [0.5, 0.6) is 0 Å². The Kier molecular flexibility index (Phi) is 3.95. The summed E-state index contributed by atoms with van der Waals surface area (Å²) in [6.45, 7) is 2.24. The zero-order valence-electron chi connectivity index (χ0n) is 12.2. The van der Waals surface area contributed by atoms with Crippen LogP contribution in [-0.2, 0) is 12.8 Å². The second kappa shape index (κ2) is 5.86. The third-order valence-corrected chi connectivity index (χ3v) is 4.78. The fourth-order valence-electron chi connectivity index (χ4n) is 3.52. The van der Waals surface area contributed by atoms with Gasteiger partial charge in [-0.15, -0.1) is 0 Å². The van der Waals surface area contributed by atoms with Gasteiger partial charge >= 0.3 is 6.03 Å². The summed E-state index contributed by atoms with van der Waals surface area (Å²) in [5.74, 6) is 0.592. The predicted molar refractivity (Wildman–Crippen MR) is 82.0 cm³/mol. The van der Waals surface area contributed by atoms with E-state index in [9.17, 15) is 4.79 Å². The molecule has 0 spiro atoms. The minimum atomic E-state index is -0.0540. The number of fused-ring (bicyclic) bond motifs is 1. The average molecular weight is 272 g/mol. The maximum Gasteiger partial charge on any atom is 0.319 e. The van der Waals surface area contributed by atoms with Gasteiger partial charge in [0, 0.05) is 11.7 Å². The number of rotatable bonds is 2. The maximum absolute atomic E-state index is 12.1. The molecule has 0 radical (unpaired) electrons. The van der Waals surface area contributed by atoms with Gasteiger partial charge in [-0.25, -0.2) is 4.79 Å². The van der Waals surface area contributed by atoms with Gasteiger partial charge in [0.15, 0.2) is 0 Å². The molecule has 2 aliphatic rings. The van der Waals surface area contributed by atoms with Crippen LogP contribution in [0.25, 0.3) is 0 Å². The number of amides is 2. The summed E-state index contributed by atoms with van der Waals surface area (Å²) in [6, 6.07) is 6.58. The molecule has 0 unspecified atom stereocenters. The van der Waals surface area contributed by atoms with Crippen molar-refractivity contribution in [3.8, 4) is 0 Å². The van der Waals surface area contributed by atoms with Crippen LogP contribution >= 0.6 is 0 Å². The summed E-state index contributed by atoms with van der Waals surface area (Å²) in [5, 5.41) is 6.12. The van der Waals surface area contributed by atoms with Crippen LogP contribution < -0.4 is 10.6 Å². The summed E-state index contributed by atoms with van der Waals surface area (Å²) < 4.78 is 0. The van der Waals surface area contributed by atoms with Crippen LogP contribution in [0.3, 0.4) is 0 Å². The van der Waals surface area contributed by atoms with E-state index < -0.39 is 0 Å². The van der Waals surface area contributed by atoms with E-state index in [1.54, 1.807) is 0 Å². The molecule has 3 heteroatoms. The van der Waals surface area contributed by atoms with Gasteiger partial charge in [0.25, 0.3) is 0 Å². The molecule has 20 heavy (non-hydrogen) atoms. The van der Waals surface area contributed by atoms with Crippen LogP contribution in [0, 0.1) is 5.92 Å². The zero-order valence-corrected chi connectivity index (χ0v) is 12.2. The number of nitrogens with one attached hydrogen (secondary N) is 2. The summed E-state index contributed by atoms with van der Waals surface area (Å²) in [7, 11) is 0. The molecule has 2 aliphatic carbocycles. The highest BCUT2D eigenvalue weighted by Crippen LogP contribution is 2.26. The van der Waals surface area contributed by atoms with Crippen molar-refractivity contribution in [2.45, 2.75) is 57.9 Å². The maximum atomic E-state index is 12.1. The Labute approximate surface area is 121 Å². The van der Waals surface area contributed by atoms with Crippen LogP contribution in [0.1, 0.15) is 50.2 Å². The number of hydrogen-bond acceptors (Lipinski definition) is 1. The lowest BCUT2D eigenvalue weighted by Crippen LogP contribution is -2.43. The van der Waals surface area contributed by atoms with Gasteiger partial charge in [-0.2, -0.15) is 0 Å². The first-order valence-corrected chi connectivity index (χ1v) is 7.92. The molecular weight excluding hydrogens is 248 g/mol. The first-order chi connectivity index (χ1) is 9.72. The largest absolute Gasteiger partial charge is 0.335 e. The van der Waals surface area contributed by atoms with Gasteiger partial charge in [-0.3, -0.25) is 0 Å². The summed E-state index contributed by atoms with van der Waals surface area (Å²) in [6.07, 6.45) is 8.43. The van der Waals surface area contributed by atoms with Crippen molar-refractivity contribution < 1.29 is 4.79 Å². The highest BCUT2D eigenvalue weighted by Gasteiger charge is 2.22. The molecule has 3 rings (SSSR count). The molecule has 0 aliphatic heterocycles. The van der Waals surface area contributed by atoms with Crippen LogP contribution in [0.15, 0.2) is 18.2 Å². The van der Waals surface area contributed by atoms with E-state index in [2.05, 4.69) is 29.7 Å². The van der Waals surface area contributed by atoms with Gasteiger partial charge < -0.3 is 10.6 Å². The number of carbonyl (C=O) groups excluding carboxylic acids is 1. The SMILES string of the molecule is C[C@@H]1CCCC[C@H]1NC(=O)Nc1ccc2c(c1)CCC2. The van der Waals surface area contributed by atoms with Crippen molar-refractivity contribution in [1.29, 1.82) is 0 Å². The van der Waals surface area contributed by atoms with Crippen LogP contribution in [0.4, 0.5) is 10.5 Å². The number of anilines is 1. The third kappa shape index (κ3) is 2.97. The molecule has 2 N–H and O–H groups in total. The van der Waals surface area contributed by atoms with E-state index in [1.165, 1.54) is 43.2 Å². The number of urea groups is 1. The van der Waals surface area contributed by atoms with E-state index in [-0.39, 0.29) is 6.03 Å². The lowest BCUT2D eigenvalue weighted by molar-refractivity contribution is 0.232. The first-order valence-electron chi connectivity index (χ1n) is 7.92. The minimum Gasteiger partial charge on any atom is -0.335 e. The Morgan fingerprint density at radius 1 is 1.10 bits per heavy atom. The highest BCUT2D eigenvalue weighted by molar-refractivity contribution is 5.89. The third-order valence-electron chi connectivity index (χ3n) is 4.78. The summed E-state index contributed by atoms with van der Waals surface area (Å²) in [4.78, 5) is 12.1. The molecule has 3 nitrogen and oxygen atoms in total. The number of carbonyl (C=O) groups is 1. The first kappa shape index (κ1) is 13.5. The Hall–Kier alpha value is -1.51. The molecular formula is C17H24N2O. The molecule has 2 amide bonds. The minimum absolute atomic E-state index is 0.0540. The molecule has 1 fully saturated rings. The number of aryl methyl sites for hydroxylation is 2. The van der Waals surface area contributed by atoms with Crippen molar-refractivity contribution >= 4 is 11.7 Å². The summed E-state index contributed by atoms with van der Waals surface area (Å²) in [5.41, 5.74) is 3.76. The molecule has 1 saturated carbocycles. The fourth-order valence-corrected chi connectivity index (χ4v) is 3.52. The Balaban J connectivity index is 1.58. The van der Waals surface area contributed by atoms with E-state index in [4.69, 9.17) is 0 Å². The van der Waals surface area contributed by atoms with Gasteiger partial charge in [-0.05, 0) is 61.3 Å². The van der Waals surface area contributed by atoms with Crippen molar-refractivity contribution in [2.75, 3.05) is 5.32 Å². The van der Waals surface area contributed by atoms with Crippen LogP contribution in [0.2, 0.25) is 0 Å². The molecule has 0 heterocycles. The molecule has 0 aromatic heterocycles. The molecule has 1 aromatic rings. The van der Waals surface area contributed by atoms with Crippen molar-refractivity contribution in [3.63, 3.8) is 0 Å². The van der Waals surface area contributed by atoms with Gasteiger partial charge in [0.05, 0.1) is 0 Å². The van der Waals surface area contributed by atoms with E-state index in [0.29, 0.717) is 12.0 Å². The Morgan fingerprint density at radius 3 is 2.75 bits per heavy atom. The Morgan fingerprint density at radius 2 is 1.90 bits per heavy atom. The van der Waals surface area contributed by atoms with E-state index in [1.807, 2.05) is 6.07 Å². The topological polar surface area (TPSA) is 41.1 Å². The predicted octanol–water partition coefficient (Wildman–Crippen LogP) is 3.88. The standard InChI is InChI=1S/C17H24N2O/c1-12-5-2-3-8-16(12)19-17(20)18-15-10-9-13-6-4-7-14(13)11-15/h9-12,16H,2-8H2,1H3,(H2,18,19,20)/t12-,16-/m1/s1. The van der Waals surface area contributed by atoms with E-state index >= 15 is 0 Å². The molecule has 2 atom stereocenters. The monoisotopic (exact) mass is 272 g/mol. The van der Waals surface area contributed by atoms with E-state index in [0.717, 1.165) is 18.5 Å². The van der Waals surface area contributed by atoms with Gasteiger partial charge in [0.1, 0.15) is 0 Å². The van der Waals surface area contributed by atoms with Gasteiger partial charge in [-0.1, -0.05) is 25.8 Å². The van der Waals surface area contributed by atoms with Gasteiger partial charge in [0.2, 0.25) is 0 Å². The second-order valence-electron chi connectivity index (χ2n) is 6.30. The van der Waals surface area contributed by atoms with Crippen molar-refractivity contribution in [1.82, 2.24) is 5.32 Å².